The Kier molecular flexibility index (Phi) is 6.37. The van der Waals surface area contributed by atoms with Crippen LogP contribution in [0.25, 0.3) is 5.69 Å². The van der Waals surface area contributed by atoms with Crippen molar-refractivity contribution in [3.8, 4) is 5.69 Å². The first-order valence-corrected chi connectivity index (χ1v) is 12.7. The number of halogens is 2. The minimum atomic E-state index is -3.90. The first kappa shape index (κ1) is 22.9. The number of nitrogens with two attached hydrogens (primary N) is 2. The molecule has 0 atom stereocenters. The van der Waals surface area contributed by atoms with Gasteiger partial charge in [-0.3, -0.25) is 9.36 Å². The first-order valence-electron chi connectivity index (χ1n) is 9.39. The number of primary sulfonamides is 1. The number of carbonyl (C=O) groups excluding carboxylic acids is 1. The number of hydrogen-bond acceptors (Lipinski definition) is 7. The van der Waals surface area contributed by atoms with E-state index in [1.165, 1.54) is 23.8 Å². The number of anilines is 2. The minimum Gasteiger partial charge on any atom is -0.368 e. The third-order valence-electron chi connectivity index (χ3n) is 4.80. The fourth-order valence-corrected chi connectivity index (χ4v) is 4.92. The Morgan fingerprint density at radius 2 is 1.91 bits per heavy atom. The molecule has 4 rings (SSSR count). The molecule has 9 nitrogen and oxygen atoms in total. The van der Waals surface area contributed by atoms with Gasteiger partial charge in [0.2, 0.25) is 21.9 Å². The summed E-state index contributed by atoms with van der Waals surface area (Å²) >= 11 is 13.7. The highest BCUT2D eigenvalue weighted by Crippen LogP contribution is 2.42. The molecule has 1 saturated carbocycles. The van der Waals surface area contributed by atoms with E-state index in [4.69, 9.17) is 34.1 Å². The van der Waals surface area contributed by atoms with Crippen molar-refractivity contribution in [2.24, 2.45) is 5.14 Å². The zero-order valence-electron chi connectivity index (χ0n) is 16.5. The van der Waals surface area contributed by atoms with Crippen molar-refractivity contribution >= 4 is 62.5 Å². The fraction of sp³-hybridized carbons (Fsp3) is 0.211. The number of nitrogens with zero attached hydrogens (tertiary/aromatic N) is 3. The van der Waals surface area contributed by atoms with Crippen LogP contribution in [-0.2, 0) is 14.8 Å². The average Bonchev–Trinajstić information content (AvgIpc) is 3.51. The molecule has 1 heterocycles. The summed E-state index contributed by atoms with van der Waals surface area (Å²) in [7, 11) is -3.90. The van der Waals surface area contributed by atoms with E-state index in [9.17, 15) is 13.2 Å². The molecule has 0 aliphatic heterocycles. The fourth-order valence-electron chi connectivity index (χ4n) is 3.07. The van der Waals surface area contributed by atoms with Crippen LogP contribution < -0.4 is 16.2 Å². The molecule has 168 valence electrons. The molecule has 0 radical (unpaired) electrons. The predicted molar refractivity (Wildman–Crippen MR) is 125 cm³/mol. The summed E-state index contributed by atoms with van der Waals surface area (Å²) in [5.41, 5.74) is 8.06. The van der Waals surface area contributed by atoms with Crippen LogP contribution >= 0.6 is 35.0 Å². The maximum atomic E-state index is 12.4. The Labute approximate surface area is 198 Å². The molecule has 1 aromatic heterocycles. The van der Waals surface area contributed by atoms with Gasteiger partial charge in [-0.15, -0.1) is 10.2 Å². The number of amides is 1. The first-order chi connectivity index (χ1) is 15.1. The van der Waals surface area contributed by atoms with Gasteiger partial charge in [-0.05, 0) is 54.7 Å². The van der Waals surface area contributed by atoms with Gasteiger partial charge in [-0.25, -0.2) is 13.6 Å². The van der Waals surface area contributed by atoms with Gasteiger partial charge in [0.1, 0.15) is 0 Å². The van der Waals surface area contributed by atoms with Gasteiger partial charge in [0.05, 0.1) is 32.1 Å². The molecule has 1 aliphatic carbocycles. The van der Waals surface area contributed by atoms with Crippen molar-refractivity contribution in [2.75, 3.05) is 16.8 Å². The Bertz CT molecular complexity index is 1310. The Morgan fingerprint density at radius 3 is 2.53 bits per heavy atom. The molecular formula is C19H18Cl2N6O3S2. The van der Waals surface area contributed by atoms with Crippen molar-refractivity contribution in [1.29, 1.82) is 0 Å². The number of aromatic nitrogens is 3. The lowest BCUT2D eigenvalue weighted by Crippen LogP contribution is -2.16. The molecule has 32 heavy (non-hydrogen) atoms. The number of hydrogen-bond donors (Lipinski definition) is 3. The average molecular weight is 513 g/mol. The molecule has 1 fully saturated rings. The Hall–Kier alpha value is -2.31. The minimum absolute atomic E-state index is 0.0246. The summed E-state index contributed by atoms with van der Waals surface area (Å²) in [5, 5.41) is 16.6. The number of nitrogens with one attached hydrogen (secondary N) is 1. The van der Waals surface area contributed by atoms with Crippen molar-refractivity contribution in [1.82, 2.24) is 14.8 Å². The third-order valence-corrected chi connectivity index (χ3v) is 7.25. The van der Waals surface area contributed by atoms with Gasteiger partial charge in [-0.1, -0.05) is 41.0 Å². The van der Waals surface area contributed by atoms with Crippen LogP contribution in [0.3, 0.4) is 0 Å². The van der Waals surface area contributed by atoms with Crippen LogP contribution in [0.4, 0.5) is 11.6 Å². The van der Waals surface area contributed by atoms with Crippen LogP contribution in [0.15, 0.2) is 46.5 Å². The van der Waals surface area contributed by atoms with E-state index in [0.29, 0.717) is 21.8 Å². The zero-order valence-corrected chi connectivity index (χ0v) is 19.6. The number of nitrogen functional groups attached to an aromatic ring is 1. The highest BCUT2D eigenvalue weighted by atomic mass is 35.5. The summed E-state index contributed by atoms with van der Waals surface area (Å²) in [6.07, 6.45) is 2.32. The van der Waals surface area contributed by atoms with E-state index in [0.717, 1.165) is 24.6 Å². The summed E-state index contributed by atoms with van der Waals surface area (Å²) in [4.78, 5) is 12.3. The molecule has 1 amide bonds. The number of carbonyl (C=O) groups is 1. The van der Waals surface area contributed by atoms with E-state index in [-0.39, 0.29) is 33.2 Å². The molecule has 5 N–H and O–H groups in total. The zero-order chi connectivity index (χ0) is 23.0. The van der Waals surface area contributed by atoms with Gasteiger partial charge in [0.25, 0.3) is 0 Å². The maximum absolute atomic E-state index is 12.4. The smallest absolute Gasteiger partial charge is 0.238 e. The van der Waals surface area contributed by atoms with Gasteiger partial charge in [-0.2, -0.15) is 0 Å². The number of sulfonamides is 1. The van der Waals surface area contributed by atoms with E-state index >= 15 is 0 Å². The van der Waals surface area contributed by atoms with E-state index < -0.39 is 10.0 Å². The van der Waals surface area contributed by atoms with Crippen LogP contribution in [-0.4, -0.2) is 34.8 Å². The Morgan fingerprint density at radius 1 is 1.16 bits per heavy atom. The molecule has 2 aromatic carbocycles. The predicted octanol–water partition coefficient (Wildman–Crippen LogP) is 3.41. The molecule has 0 spiro atoms. The quantitative estimate of drug-likeness (QED) is 0.411. The lowest BCUT2D eigenvalue weighted by Gasteiger charge is -2.12. The molecule has 0 bridgehead atoms. The summed E-state index contributed by atoms with van der Waals surface area (Å²) in [6.45, 7) is 0. The number of benzene rings is 2. The number of thioether (sulfide) groups is 1. The number of rotatable bonds is 7. The van der Waals surface area contributed by atoms with Crippen molar-refractivity contribution in [3.63, 3.8) is 0 Å². The van der Waals surface area contributed by atoms with Crippen LogP contribution in [0.2, 0.25) is 10.0 Å². The summed E-state index contributed by atoms with van der Waals surface area (Å²) in [5.74, 6) is 0.297. The van der Waals surface area contributed by atoms with Gasteiger partial charge >= 0.3 is 0 Å². The molecule has 1 aliphatic rings. The standard InChI is InChI=1S/C19H18Cl2N6O3S2/c20-13-8-12(32(23,29)30)4-5-15(13)24-17(28)9-31-19-26-25-18(22)27(19)16-6-3-11(7-14(16)21)10-1-2-10/h3-8,10H,1-2,9H2,(H2,22,25)(H,24,28)(H2,23,29,30). The third kappa shape index (κ3) is 5.02. The largest absolute Gasteiger partial charge is 0.368 e. The lowest BCUT2D eigenvalue weighted by molar-refractivity contribution is -0.113. The van der Waals surface area contributed by atoms with Gasteiger partial charge in [0, 0.05) is 0 Å². The maximum Gasteiger partial charge on any atom is 0.238 e. The molecule has 13 heteroatoms. The van der Waals surface area contributed by atoms with Crippen LogP contribution in [0.5, 0.6) is 0 Å². The van der Waals surface area contributed by atoms with Crippen LogP contribution in [0.1, 0.15) is 24.3 Å². The summed E-state index contributed by atoms with van der Waals surface area (Å²) < 4.78 is 24.4. The van der Waals surface area contributed by atoms with Crippen molar-refractivity contribution < 1.29 is 13.2 Å². The second-order valence-corrected chi connectivity index (χ2v) is 10.5. The topological polar surface area (TPSA) is 146 Å². The highest BCUT2D eigenvalue weighted by Gasteiger charge is 2.25. The van der Waals surface area contributed by atoms with Crippen LogP contribution in [0, 0.1) is 0 Å². The molecule has 0 saturated heterocycles. The highest BCUT2D eigenvalue weighted by molar-refractivity contribution is 7.99. The monoisotopic (exact) mass is 512 g/mol. The van der Waals surface area contributed by atoms with Gasteiger partial charge < -0.3 is 11.1 Å². The second-order valence-electron chi connectivity index (χ2n) is 7.18. The van der Waals surface area contributed by atoms with Crippen molar-refractivity contribution in [3.05, 3.63) is 52.0 Å². The molecule has 0 unspecified atom stereocenters. The lowest BCUT2D eigenvalue weighted by atomic mass is 10.1. The van der Waals surface area contributed by atoms with E-state index in [1.54, 1.807) is 4.57 Å². The Balaban J connectivity index is 1.47. The second kappa shape index (κ2) is 8.91. The van der Waals surface area contributed by atoms with E-state index in [2.05, 4.69) is 15.5 Å². The SMILES string of the molecule is Nc1nnc(SCC(=O)Nc2ccc(S(N)(=O)=O)cc2Cl)n1-c1ccc(C2CC2)cc1Cl. The summed E-state index contributed by atoms with van der Waals surface area (Å²) in [6, 6.07) is 9.59. The van der Waals surface area contributed by atoms with Crippen molar-refractivity contribution in [2.45, 2.75) is 28.8 Å². The molecule has 3 aromatic rings. The van der Waals surface area contributed by atoms with Gasteiger partial charge in [0.15, 0.2) is 5.16 Å². The van der Waals surface area contributed by atoms with E-state index in [1.807, 2.05) is 18.2 Å². The normalized spacial score (nSPS) is 13.8. The molecular weight excluding hydrogens is 495 g/mol.